The van der Waals surface area contributed by atoms with Crippen molar-refractivity contribution in [1.29, 1.82) is 0 Å². The number of hydrogen-bond acceptors (Lipinski definition) is 9. The summed E-state index contributed by atoms with van der Waals surface area (Å²) in [6.07, 6.45) is -5.38. The Morgan fingerprint density at radius 3 is 2.31 bits per heavy atom. The molecule has 3 aromatic heterocycles. The summed E-state index contributed by atoms with van der Waals surface area (Å²) in [5, 5.41) is 9.65. The van der Waals surface area contributed by atoms with Gasteiger partial charge in [-0.15, -0.1) is 0 Å². The molecule has 378 valence electrons. The standard InChI is InChI=1S/C47H41F8N9O6S2/c1-22-8-13-35(41-38(22)44(59-62(41)20-36(50)51)60-72(69,70)27-10-11-27)64-45(57-32-17-24(9-12-29(32)46(64)66)28-6-4-5-7-34(28)61(2)71(3,67)68)33(16-23-14-25(48)18-26(49)15-23)56-37(65)21-63-42-39(40(58-63)43(52)53)30-19-31(30)47(42,54)55/h4-9,12-15,17-18,27,30-31,33,36,43H,10-11,16,19-21H2,1-3H3,(H,56,65)(H,59,60)/t30-,31+,33-/m0/s1. The molecule has 2 fully saturated rings. The van der Waals surface area contributed by atoms with Gasteiger partial charge in [0, 0.05) is 36.6 Å². The smallest absolute Gasteiger partial charge is 0.293 e. The van der Waals surface area contributed by atoms with Crippen molar-refractivity contribution in [2.45, 2.75) is 81.7 Å². The Labute approximate surface area is 404 Å². The molecule has 2 saturated carbocycles. The molecule has 10 rings (SSSR count). The summed E-state index contributed by atoms with van der Waals surface area (Å²) in [7, 11) is -6.57. The van der Waals surface area contributed by atoms with Crippen LogP contribution < -0.4 is 19.9 Å². The lowest BCUT2D eigenvalue weighted by Crippen LogP contribution is -2.38. The second-order valence-electron chi connectivity index (χ2n) is 18.3. The molecular formula is C47H41F8N9O6S2. The average molecular weight is 1040 g/mol. The largest absolute Gasteiger partial charge is 0.344 e. The van der Waals surface area contributed by atoms with E-state index in [0.717, 1.165) is 31.9 Å². The number of carbonyl (C=O) groups excluding carboxylic acids is 1. The molecule has 3 heterocycles. The summed E-state index contributed by atoms with van der Waals surface area (Å²) in [5.41, 5.74) is -2.58. The number of carbonyl (C=O) groups is 1. The summed E-state index contributed by atoms with van der Waals surface area (Å²) in [5.74, 6) is -9.90. The van der Waals surface area contributed by atoms with Crippen LogP contribution in [-0.2, 0) is 50.3 Å². The maximum Gasteiger partial charge on any atom is 0.293 e. The number of alkyl halides is 6. The number of nitrogens with zero attached hydrogens (tertiary/aromatic N) is 7. The van der Waals surface area contributed by atoms with Crippen molar-refractivity contribution in [2.24, 2.45) is 5.92 Å². The van der Waals surface area contributed by atoms with Crippen LogP contribution in [0.4, 0.5) is 46.6 Å². The van der Waals surface area contributed by atoms with E-state index < -0.39 is 122 Å². The molecule has 0 saturated heterocycles. The molecule has 0 spiro atoms. The molecular weight excluding hydrogens is 1000 g/mol. The number of fused-ring (bicyclic) bond motifs is 5. The number of anilines is 2. The molecule has 3 atom stereocenters. The van der Waals surface area contributed by atoms with Gasteiger partial charge in [0.2, 0.25) is 26.0 Å². The highest BCUT2D eigenvalue weighted by molar-refractivity contribution is 7.93. The van der Waals surface area contributed by atoms with Gasteiger partial charge in [-0.25, -0.2) is 48.2 Å². The third-order valence-corrected chi connectivity index (χ3v) is 16.3. The van der Waals surface area contributed by atoms with Crippen molar-refractivity contribution in [3.8, 4) is 16.8 Å². The van der Waals surface area contributed by atoms with E-state index in [9.17, 15) is 48.0 Å². The number of aryl methyl sites for hydroxylation is 1. The van der Waals surface area contributed by atoms with Gasteiger partial charge in [0.1, 0.15) is 41.9 Å². The Bertz CT molecular complexity index is 3670. The summed E-state index contributed by atoms with van der Waals surface area (Å²) >= 11 is 0. The molecule has 3 aliphatic rings. The Morgan fingerprint density at radius 2 is 1.64 bits per heavy atom. The lowest BCUT2D eigenvalue weighted by Gasteiger charge is -2.25. The van der Waals surface area contributed by atoms with E-state index in [0.29, 0.717) is 40.3 Å². The zero-order valence-electron chi connectivity index (χ0n) is 38.1. The first-order chi connectivity index (χ1) is 33.9. The van der Waals surface area contributed by atoms with Crippen LogP contribution >= 0.6 is 0 Å². The maximum atomic E-state index is 15.7. The van der Waals surface area contributed by atoms with Crippen LogP contribution in [0.5, 0.6) is 0 Å². The second-order valence-corrected chi connectivity index (χ2v) is 22.2. The molecule has 0 unspecified atom stereocenters. The van der Waals surface area contributed by atoms with Gasteiger partial charge in [0.05, 0.1) is 50.7 Å². The molecule has 25 heteroatoms. The van der Waals surface area contributed by atoms with Gasteiger partial charge < -0.3 is 5.32 Å². The summed E-state index contributed by atoms with van der Waals surface area (Å²) in [6, 6.07) is 14.0. The minimum Gasteiger partial charge on any atom is -0.344 e. The topological polar surface area (TPSA) is 183 Å². The van der Waals surface area contributed by atoms with E-state index in [4.69, 9.17) is 4.98 Å². The number of rotatable bonds is 16. The summed E-state index contributed by atoms with van der Waals surface area (Å²) in [4.78, 5) is 34.6. The average Bonchev–Trinajstić information content (AvgIpc) is 4.22. The van der Waals surface area contributed by atoms with Crippen molar-refractivity contribution in [1.82, 2.24) is 34.4 Å². The normalized spacial score (nSPS) is 17.7. The van der Waals surface area contributed by atoms with Gasteiger partial charge in [0.15, 0.2) is 5.82 Å². The lowest BCUT2D eigenvalue weighted by atomic mass is 10.0. The Kier molecular flexibility index (Phi) is 11.8. The SMILES string of the molecule is Cc1ccc(-n2c([C@H](Cc3cc(F)cc(F)c3)NC(=O)Cn3nc(C(F)F)c4c3C(F)(F)[C@@H]3C[C@H]43)nc3cc(-c4ccccc4N(C)S(C)(=O)=O)ccc3c2=O)c2c1c(NS(=O)(=O)C1CC1)nn2CC(F)F. The fraction of sp³-hybridized carbons (Fsp3) is 0.340. The van der Waals surface area contributed by atoms with Crippen LogP contribution in [0.25, 0.3) is 38.6 Å². The number of aromatic nitrogens is 6. The molecule has 3 aliphatic carbocycles. The van der Waals surface area contributed by atoms with Crippen molar-refractivity contribution in [3.05, 3.63) is 129 Å². The third-order valence-electron chi connectivity index (χ3n) is 13.3. The fourth-order valence-corrected chi connectivity index (χ4v) is 11.6. The first-order valence-electron chi connectivity index (χ1n) is 22.3. The van der Waals surface area contributed by atoms with Crippen LogP contribution in [-0.4, -0.2) is 76.8 Å². The van der Waals surface area contributed by atoms with E-state index >= 15 is 13.6 Å². The van der Waals surface area contributed by atoms with Gasteiger partial charge in [-0.1, -0.05) is 30.3 Å². The number of sulfonamides is 2. The molecule has 7 aromatic rings. The molecule has 0 radical (unpaired) electrons. The zero-order chi connectivity index (χ0) is 51.5. The quantitative estimate of drug-likeness (QED) is 0.0907. The zero-order valence-corrected chi connectivity index (χ0v) is 39.7. The predicted octanol–water partition coefficient (Wildman–Crippen LogP) is 8.00. The highest BCUT2D eigenvalue weighted by Crippen LogP contribution is 2.68. The monoisotopic (exact) mass is 1040 g/mol. The first kappa shape index (κ1) is 48.7. The van der Waals surface area contributed by atoms with Gasteiger partial charge >= 0.3 is 0 Å². The number of amides is 1. The van der Waals surface area contributed by atoms with E-state index in [-0.39, 0.29) is 56.5 Å². The molecule has 15 nitrogen and oxygen atoms in total. The minimum atomic E-state index is -4.07. The van der Waals surface area contributed by atoms with Gasteiger partial charge in [0.25, 0.3) is 24.3 Å². The highest BCUT2D eigenvalue weighted by Gasteiger charge is 2.67. The summed E-state index contributed by atoms with van der Waals surface area (Å²) in [6.45, 7) is -0.679. The van der Waals surface area contributed by atoms with E-state index in [1.807, 2.05) is 0 Å². The van der Waals surface area contributed by atoms with Crippen LogP contribution in [0.1, 0.15) is 71.6 Å². The molecule has 0 bridgehead atoms. The third kappa shape index (κ3) is 8.61. The van der Waals surface area contributed by atoms with Crippen molar-refractivity contribution in [3.63, 3.8) is 0 Å². The van der Waals surface area contributed by atoms with E-state index in [1.54, 1.807) is 25.1 Å². The van der Waals surface area contributed by atoms with Crippen LogP contribution in [0.3, 0.4) is 0 Å². The molecule has 1 amide bonds. The number of benzene rings is 4. The highest BCUT2D eigenvalue weighted by atomic mass is 32.2. The van der Waals surface area contributed by atoms with Gasteiger partial charge in [-0.2, -0.15) is 19.0 Å². The Hall–Kier alpha value is -6.89. The van der Waals surface area contributed by atoms with Crippen LogP contribution in [0, 0.1) is 24.5 Å². The number of hydrogen-bond donors (Lipinski definition) is 2. The van der Waals surface area contributed by atoms with Crippen molar-refractivity contribution >= 4 is 59.3 Å². The molecule has 72 heavy (non-hydrogen) atoms. The van der Waals surface area contributed by atoms with Gasteiger partial charge in [-0.3, -0.25) is 32.5 Å². The van der Waals surface area contributed by atoms with Gasteiger partial charge in [-0.05, 0) is 85.2 Å². The Balaban J connectivity index is 1.21. The van der Waals surface area contributed by atoms with Crippen molar-refractivity contribution < 1.29 is 56.8 Å². The molecule has 2 N–H and O–H groups in total. The number of nitrogens with one attached hydrogen (secondary N) is 2. The first-order valence-corrected chi connectivity index (χ1v) is 25.7. The van der Waals surface area contributed by atoms with Crippen molar-refractivity contribution in [2.75, 3.05) is 22.3 Å². The number of para-hydroxylation sites is 1. The minimum absolute atomic E-state index is 0.00795. The van der Waals surface area contributed by atoms with E-state index in [2.05, 4.69) is 20.2 Å². The van der Waals surface area contributed by atoms with E-state index in [1.165, 1.54) is 43.4 Å². The summed E-state index contributed by atoms with van der Waals surface area (Å²) < 4.78 is 177. The molecule has 0 aliphatic heterocycles. The molecule has 4 aromatic carbocycles. The predicted molar refractivity (Wildman–Crippen MR) is 248 cm³/mol. The maximum absolute atomic E-state index is 15.7. The second kappa shape index (κ2) is 17.4. The number of halogens is 8. The fourth-order valence-electron chi connectivity index (χ4n) is 9.71. The van der Waals surface area contributed by atoms with Crippen LogP contribution in [0.15, 0.2) is 77.6 Å². The van der Waals surface area contributed by atoms with Crippen LogP contribution in [0.2, 0.25) is 0 Å². The lowest BCUT2D eigenvalue weighted by molar-refractivity contribution is -0.123. The Morgan fingerprint density at radius 1 is 0.931 bits per heavy atom.